The smallest absolute Gasteiger partial charge is 0.292 e. The summed E-state index contributed by atoms with van der Waals surface area (Å²) in [5.41, 5.74) is -0.340. The zero-order valence-electron chi connectivity index (χ0n) is 10.8. The lowest BCUT2D eigenvalue weighted by Gasteiger charge is -2.23. The number of nitro groups is 1. The van der Waals surface area contributed by atoms with Crippen LogP contribution in [0, 0.1) is 15.9 Å². The summed E-state index contributed by atoms with van der Waals surface area (Å²) in [6, 6.07) is 2.98. The molecule has 0 aromatic heterocycles. The number of nitrogens with zero attached hydrogens (tertiary/aromatic N) is 1. The van der Waals surface area contributed by atoms with Gasteiger partial charge in [0.15, 0.2) is 9.84 Å². The molecule has 1 aromatic rings. The summed E-state index contributed by atoms with van der Waals surface area (Å²) in [6.07, 6.45) is 1.08. The molecule has 1 N–H and O–H groups in total. The quantitative estimate of drug-likeness (QED) is 0.661. The molecule has 0 spiro atoms. The van der Waals surface area contributed by atoms with E-state index in [0.29, 0.717) is 0 Å². The Morgan fingerprint density at radius 1 is 1.42 bits per heavy atom. The summed E-state index contributed by atoms with van der Waals surface area (Å²) in [4.78, 5) is 10.1. The fourth-order valence-electron chi connectivity index (χ4n) is 1.25. The van der Waals surface area contributed by atoms with Gasteiger partial charge in [-0.3, -0.25) is 10.1 Å². The highest BCUT2D eigenvalue weighted by atomic mass is 32.2. The second kappa shape index (κ2) is 5.12. The highest BCUT2D eigenvalue weighted by Crippen LogP contribution is 2.26. The molecule has 0 aliphatic heterocycles. The minimum absolute atomic E-state index is 0.0401. The number of benzene rings is 1. The Morgan fingerprint density at radius 3 is 2.47 bits per heavy atom. The summed E-state index contributed by atoms with van der Waals surface area (Å²) < 4.78 is 35.0. The first kappa shape index (κ1) is 15.4. The first-order chi connectivity index (χ1) is 8.54. The monoisotopic (exact) mass is 290 g/mol. The number of halogens is 1. The van der Waals surface area contributed by atoms with Gasteiger partial charge in [0.25, 0.3) is 5.69 Å². The third kappa shape index (κ3) is 3.63. The molecule has 1 aromatic carbocycles. The molecule has 0 bridgehead atoms. The second-order valence-electron chi connectivity index (χ2n) is 4.80. The molecule has 0 radical (unpaired) electrons. The van der Waals surface area contributed by atoms with Crippen molar-refractivity contribution < 1.29 is 17.7 Å². The lowest BCUT2D eigenvalue weighted by Crippen LogP contribution is -2.38. The Balaban J connectivity index is 3.01. The molecule has 0 unspecified atom stereocenters. The second-order valence-corrected chi connectivity index (χ2v) is 7.45. The van der Waals surface area contributed by atoms with Crippen LogP contribution >= 0.6 is 0 Å². The largest absolute Gasteiger partial charge is 0.378 e. The molecule has 0 fully saturated rings. The Labute approximate surface area is 110 Å². The average Bonchev–Trinajstić information content (AvgIpc) is 2.24. The lowest BCUT2D eigenvalue weighted by molar-refractivity contribution is -0.384. The SMILES string of the molecule is CC(C)(CNc1cc(F)ccc1[N+](=O)[O-])S(C)(=O)=O. The summed E-state index contributed by atoms with van der Waals surface area (Å²) in [6.45, 7) is 2.91. The molecule has 0 aliphatic rings. The standard InChI is InChI=1S/C11H15FN2O4S/c1-11(2,19(3,17)18)7-13-9-6-8(12)4-5-10(9)14(15)16/h4-6,13H,7H2,1-3H3. The summed E-state index contributed by atoms with van der Waals surface area (Å²) >= 11 is 0. The van der Waals surface area contributed by atoms with E-state index in [-0.39, 0.29) is 17.9 Å². The maximum atomic E-state index is 13.1. The van der Waals surface area contributed by atoms with Crippen molar-refractivity contribution in [1.29, 1.82) is 0 Å². The molecule has 0 aliphatic carbocycles. The average molecular weight is 290 g/mol. The van der Waals surface area contributed by atoms with Crippen LogP contribution < -0.4 is 5.32 Å². The van der Waals surface area contributed by atoms with Crippen molar-refractivity contribution >= 4 is 21.2 Å². The molecule has 0 amide bonds. The van der Waals surface area contributed by atoms with Gasteiger partial charge in [0, 0.05) is 24.9 Å². The Kier molecular flexibility index (Phi) is 4.14. The van der Waals surface area contributed by atoms with Gasteiger partial charge in [-0.1, -0.05) is 0 Å². The fraction of sp³-hybridized carbons (Fsp3) is 0.455. The molecule has 0 heterocycles. The number of anilines is 1. The van der Waals surface area contributed by atoms with Crippen molar-refractivity contribution in [3.8, 4) is 0 Å². The number of nitro benzene ring substituents is 1. The minimum atomic E-state index is -3.34. The van der Waals surface area contributed by atoms with Gasteiger partial charge >= 0.3 is 0 Å². The maximum Gasteiger partial charge on any atom is 0.292 e. The minimum Gasteiger partial charge on any atom is -0.378 e. The van der Waals surface area contributed by atoms with Crippen molar-refractivity contribution in [3.05, 3.63) is 34.1 Å². The van der Waals surface area contributed by atoms with E-state index in [9.17, 15) is 22.9 Å². The van der Waals surface area contributed by atoms with Crippen LogP contribution in [0.4, 0.5) is 15.8 Å². The normalized spacial score (nSPS) is 12.2. The Bertz CT molecular complexity index is 599. The first-order valence-corrected chi connectivity index (χ1v) is 7.31. The maximum absolute atomic E-state index is 13.1. The molecule has 106 valence electrons. The molecule has 8 heteroatoms. The molecule has 6 nitrogen and oxygen atoms in total. The number of hydrogen-bond acceptors (Lipinski definition) is 5. The van der Waals surface area contributed by atoms with E-state index < -0.39 is 25.3 Å². The van der Waals surface area contributed by atoms with Gasteiger partial charge in [-0.05, 0) is 19.9 Å². The van der Waals surface area contributed by atoms with E-state index >= 15 is 0 Å². The van der Waals surface area contributed by atoms with Crippen LogP contribution in [0.3, 0.4) is 0 Å². The van der Waals surface area contributed by atoms with Gasteiger partial charge in [-0.2, -0.15) is 0 Å². The Hall–Kier alpha value is -1.70. The number of rotatable bonds is 5. The Morgan fingerprint density at radius 2 is 2.00 bits per heavy atom. The number of sulfone groups is 1. The van der Waals surface area contributed by atoms with Crippen LogP contribution in [0.2, 0.25) is 0 Å². The van der Waals surface area contributed by atoms with E-state index in [1.54, 1.807) is 0 Å². The summed E-state index contributed by atoms with van der Waals surface area (Å²) in [7, 11) is -3.34. The third-order valence-corrected chi connectivity index (χ3v) is 5.02. The van der Waals surface area contributed by atoms with Crippen LogP contribution in [0.15, 0.2) is 18.2 Å². The van der Waals surface area contributed by atoms with E-state index in [0.717, 1.165) is 24.5 Å². The topological polar surface area (TPSA) is 89.3 Å². The molecule has 1 rings (SSSR count). The summed E-state index contributed by atoms with van der Waals surface area (Å²) in [5.74, 6) is -0.634. The number of nitrogens with one attached hydrogen (secondary N) is 1. The summed E-state index contributed by atoms with van der Waals surface area (Å²) in [5, 5.41) is 13.4. The van der Waals surface area contributed by atoms with E-state index in [1.165, 1.54) is 13.8 Å². The van der Waals surface area contributed by atoms with Crippen molar-refractivity contribution in [2.24, 2.45) is 0 Å². The first-order valence-electron chi connectivity index (χ1n) is 5.42. The lowest BCUT2D eigenvalue weighted by atomic mass is 10.2. The van der Waals surface area contributed by atoms with Gasteiger partial charge < -0.3 is 5.32 Å². The molecular formula is C11H15FN2O4S. The predicted molar refractivity (Wildman–Crippen MR) is 70.5 cm³/mol. The van der Waals surface area contributed by atoms with Gasteiger partial charge in [0.05, 0.1) is 9.67 Å². The van der Waals surface area contributed by atoms with Crippen LogP contribution in [0.5, 0.6) is 0 Å². The van der Waals surface area contributed by atoms with Gasteiger partial charge in [-0.15, -0.1) is 0 Å². The van der Waals surface area contributed by atoms with Crippen LogP contribution in [0.1, 0.15) is 13.8 Å². The fourth-order valence-corrected chi connectivity index (χ4v) is 1.58. The van der Waals surface area contributed by atoms with Crippen LogP contribution in [0.25, 0.3) is 0 Å². The zero-order valence-corrected chi connectivity index (χ0v) is 11.6. The highest BCUT2D eigenvalue weighted by Gasteiger charge is 2.30. The van der Waals surface area contributed by atoms with Gasteiger partial charge in [0.1, 0.15) is 11.5 Å². The highest BCUT2D eigenvalue weighted by molar-refractivity contribution is 7.92. The van der Waals surface area contributed by atoms with E-state index in [4.69, 9.17) is 0 Å². The predicted octanol–water partition coefficient (Wildman–Crippen LogP) is 1.97. The van der Waals surface area contributed by atoms with Crippen molar-refractivity contribution in [2.45, 2.75) is 18.6 Å². The third-order valence-electron chi connectivity index (χ3n) is 2.86. The van der Waals surface area contributed by atoms with Crippen LogP contribution in [-0.4, -0.2) is 30.9 Å². The van der Waals surface area contributed by atoms with Crippen molar-refractivity contribution in [1.82, 2.24) is 0 Å². The van der Waals surface area contributed by atoms with Crippen LogP contribution in [-0.2, 0) is 9.84 Å². The molecule has 0 atom stereocenters. The van der Waals surface area contributed by atoms with E-state index in [2.05, 4.69) is 5.32 Å². The molecular weight excluding hydrogens is 275 g/mol. The zero-order chi connectivity index (χ0) is 14.8. The van der Waals surface area contributed by atoms with Gasteiger partial charge in [0.2, 0.25) is 0 Å². The van der Waals surface area contributed by atoms with Crippen molar-refractivity contribution in [2.75, 3.05) is 18.1 Å². The van der Waals surface area contributed by atoms with Gasteiger partial charge in [-0.25, -0.2) is 12.8 Å². The number of hydrogen-bond donors (Lipinski definition) is 1. The van der Waals surface area contributed by atoms with Crippen molar-refractivity contribution in [3.63, 3.8) is 0 Å². The molecule has 19 heavy (non-hydrogen) atoms. The molecule has 0 saturated heterocycles. The van der Waals surface area contributed by atoms with E-state index in [1.807, 2.05) is 0 Å². The molecule has 0 saturated carbocycles.